The molecule has 1 aromatic carbocycles. The molecule has 5 heteroatoms. The maximum absolute atomic E-state index is 11.9. The number of benzene rings is 1. The lowest BCUT2D eigenvalue weighted by atomic mass is 10.0. The number of carbonyl (C=O) groups excluding carboxylic acids is 1. The van der Waals surface area contributed by atoms with Crippen LogP contribution in [0.1, 0.15) is 26.2 Å². The molecule has 0 spiro atoms. The molecule has 1 unspecified atom stereocenters. The maximum atomic E-state index is 11.9. The largest absolute Gasteiger partial charge is 0.497 e. The first kappa shape index (κ1) is 18.1. The Morgan fingerprint density at radius 1 is 1.48 bits per heavy atom. The predicted molar refractivity (Wildman–Crippen MR) is 96.2 cm³/mol. The maximum Gasteiger partial charge on any atom is 0.230 e. The van der Waals surface area contributed by atoms with E-state index in [4.69, 9.17) is 4.74 Å². The van der Waals surface area contributed by atoms with E-state index in [2.05, 4.69) is 17.1 Å². The van der Waals surface area contributed by atoms with Crippen molar-refractivity contribution < 1.29 is 9.53 Å². The van der Waals surface area contributed by atoms with Gasteiger partial charge in [0.1, 0.15) is 5.75 Å². The summed E-state index contributed by atoms with van der Waals surface area (Å²) in [5.41, 5.74) is 0. The van der Waals surface area contributed by atoms with Crippen LogP contribution in [0.25, 0.3) is 0 Å². The van der Waals surface area contributed by atoms with Gasteiger partial charge in [-0.15, -0.1) is 11.8 Å². The van der Waals surface area contributed by atoms with Crippen molar-refractivity contribution in [2.45, 2.75) is 31.1 Å². The molecule has 1 fully saturated rings. The third-order valence-corrected chi connectivity index (χ3v) is 5.12. The molecule has 2 rings (SSSR count). The summed E-state index contributed by atoms with van der Waals surface area (Å²) < 4.78 is 5.19. The number of nitrogens with one attached hydrogen (secondary N) is 1. The molecule has 1 N–H and O–H groups in total. The van der Waals surface area contributed by atoms with Crippen LogP contribution in [0.2, 0.25) is 0 Å². The lowest BCUT2D eigenvalue weighted by Crippen LogP contribution is -2.36. The number of thioether (sulfide) groups is 1. The van der Waals surface area contributed by atoms with Crippen LogP contribution >= 0.6 is 11.8 Å². The van der Waals surface area contributed by atoms with Gasteiger partial charge in [-0.2, -0.15) is 0 Å². The van der Waals surface area contributed by atoms with Gasteiger partial charge in [-0.25, -0.2) is 0 Å². The van der Waals surface area contributed by atoms with Gasteiger partial charge < -0.3 is 15.0 Å². The minimum atomic E-state index is 0.102. The Morgan fingerprint density at radius 2 is 2.35 bits per heavy atom. The molecule has 0 aromatic heterocycles. The normalized spacial score (nSPS) is 18.6. The van der Waals surface area contributed by atoms with E-state index in [9.17, 15) is 4.79 Å². The molecule has 0 saturated carbocycles. The van der Waals surface area contributed by atoms with Gasteiger partial charge in [0, 0.05) is 18.0 Å². The number of nitrogens with zero attached hydrogens (tertiary/aromatic N) is 1. The molecular weight excluding hydrogens is 308 g/mol. The zero-order chi connectivity index (χ0) is 16.5. The zero-order valence-corrected chi connectivity index (χ0v) is 15.0. The number of methoxy groups -OCH3 is 1. The second kappa shape index (κ2) is 9.83. The summed E-state index contributed by atoms with van der Waals surface area (Å²) >= 11 is 1.54. The fourth-order valence-electron chi connectivity index (χ4n) is 2.91. The summed E-state index contributed by atoms with van der Waals surface area (Å²) in [6.07, 6.45) is 3.70. The molecule has 1 amide bonds. The third kappa shape index (κ3) is 6.83. The molecule has 128 valence electrons. The smallest absolute Gasteiger partial charge is 0.230 e. The van der Waals surface area contributed by atoms with Crippen LogP contribution in [-0.4, -0.2) is 49.8 Å². The van der Waals surface area contributed by atoms with E-state index in [-0.39, 0.29) is 5.91 Å². The number of hydrogen-bond donors (Lipinski definition) is 1. The highest BCUT2D eigenvalue weighted by atomic mass is 32.2. The van der Waals surface area contributed by atoms with Crippen LogP contribution in [0.4, 0.5) is 0 Å². The highest BCUT2D eigenvalue weighted by molar-refractivity contribution is 8.00. The van der Waals surface area contributed by atoms with E-state index in [0.717, 1.165) is 36.1 Å². The van der Waals surface area contributed by atoms with E-state index in [1.807, 2.05) is 24.3 Å². The van der Waals surface area contributed by atoms with Gasteiger partial charge >= 0.3 is 0 Å². The molecule has 1 aliphatic heterocycles. The van der Waals surface area contributed by atoms with Gasteiger partial charge in [0.25, 0.3) is 0 Å². The SMILES string of the molecule is COc1cccc(SCC(=O)NCCCN2CCCC(C)C2)c1. The number of rotatable bonds is 8. The number of ether oxygens (including phenoxy) is 1. The Balaban J connectivity index is 1.58. The van der Waals surface area contributed by atoms with E-state index >= 15 is 0 Å². The molecule has 1 aliphatic rings. The first-order valence-corrected chi connectivity index (χ1v) is 9.42. The molecular formula is C18H28N2O2S. The lowest BCUT2D eigenvalue weighted by molar-refractivity contribution is -0.118. The Morgan fingerprint density at radius 3 is 3.13 bits per heavy atom. The Kier molecular flexibility index (Phi) is 7.76. The zero-order valence-electron chi connectivity index (χ0n) is 14.2. The second-order valence-corrected chi connectivity index (χ2v) is 7.27. The Labute approximate surface area is 144 Å². The minimum Gasteiger partial charge on any atom is -0.497 e. The van der Waals surface area contributed by atoms with E-state index in [1.54, 1.807) is 18.9 Å². The van der Waals surface area contributed by atoms with Crippen molar-refractivity contribution in [2.24, 2.45) is 5.92 Å². The topological polar surface area (TPSA) is 41.6 Å². The summed E-state index contributed by atoms with van der Waals surface area (Å²) in [6, 6.07) is 7.80. The van der Waals surface area contributed by atoms with Crippen LogP contribution in [-0.2, 0) is 4.79 Å². The summed E-state index contributed by atoms with van der Waals surface area (Å²) in [7, 11) is 1.65. The fourth-order valence-corrected chi connectivity index (χ4v) is 3.69. The molecule has 1 aromatic rings. The van der Waals surface area contributed by atoms with Crippen LogP contribution in [0.15, 0.2) is 29.2 Å². The minimum absolute atomic E-state index is 0.102. The molecule has 1 atom stereocenters. The van der Waals surface area contributed by atoms with Crippen LogP contribution in [0.5, 0.6) is 5.75 Å². The first-order valence-electron chi connectivity index (χ1n) is 8.43. The first-order chi connectivity index (χ1) is 11.2. The van der Waals surface area contributed by atoms with Gasteiger partial charge in [-0.05, 0) is 56.5 Å². The standard InChI is InChI=1S/C18H28N2O2S/c1-15-6-4-10-20(13-15)11-5-9-19-18(21)14-23-17-8-3-7-16(12-17)22-2/h3,7-8,12,15H,4-6,9-11,13-14H2,1-2H3,(H,19,21). The number of likely N-dealkylation sites (tertiary alicyclic amines) is 1. The predicted octanol–water partition coefficient (Wildman–Crippen LogP) is 3.03. The van der Waals surface area contributed by atoms with Gasteiger partial charge in [0.05, 0.1) is 12.9 Å². The summed E-state index contributed by atoms with van der Waals surface area (Å²) in [6.45, 7) is 6.60. The van der Waals surface area contributed by atoms with Crippen LogP contribution < -0.4 is 10.1 Å². The van der Waals surface area contributed by atoms with Crippen molar-refractivity contribution in [3.63, 3.8) is 0 Å². The second-order valence-electron chi connectivity index (χ2n) is 6.22. The molecule has 1 heterocycles. The van der Waals surface area contributed by atoms with E-state index in [0.29, 0.717) is 5.75 Å². The summed E-state index contributed by atoms with van der Waals surface area (Å²) in [5.74, 6) is 2.20. The lowest BCUT2D eigenvalue weighted by Gasteiger charge is -2.30. The van der Waals surface area contributed by atoms with Crippen molar-refractivity contribution in [3.8, 4) is 5.75 Å². The molecule has 23 heavy (non-hydrogen) atoms. The molecule has 0 aliphatic carbocycles. The number of hydrogen-bond acceptors (Lipinski definition) is 4. The fraction of sp³-hybridized carbons (Fsp3) is 0.611. The summed E-state index contributed by atoms with van der Waals surface area (Å²) in [5, 5.41) is 3.01. The van der Waals surface area contributed by atoms with Crippen molar-refractivity contribution in [3.05, 3.63) is 24.3 Å². The van der Waals surface area contributed by atoms with Crippen molar-refractivity contribution in [1.82, 2.24) is 10.2 Å². The molecule has 1 saturated heterocycles. The van der Waals surface area contributed by atoms with Crippen molar-refractivity contribution in [1.29, 1.82) is 0 Å². The van der Waals surface area contributed by atoms with Crippen LogP contribution in [0.3, 0.4) is 0 Å². The van der Waals surface area contributed by atoms with Gasteiger partial charge in [-0.3, -0.25) is 4.79 Å². The molecule has 0 radical (unpaired) electrons. The average Bonchev–Trinajstić information content (AvgIpc) is 2.57. The quantitative estimate of drug-likeness (QED) is 0.585. The van der Waals surface area contributed by atoms with Gasteiger partial charge in [0.2, 0.25) is 5.91 Å². The highest BCUT2D eigenvalue weighted by Gasteiger charge is 2.15. The van der Waals surface area contributed by atoms with E-state index in [1.165, 1.54) is 25.9 Å². The van der Waals surface area contributed by atoms with Crippen molar-refractivity contribution >= 4 is 17.7 Å². The Hall–Kier alpha value is -1.20. The number of amides is 1. The van der Waals surface area contributed by atoms with E-state index < -0.39 is 0 Å². The Bertz CT molecular complexity index is 496. The number of carbonyl (C=O) groups is 1. The molecule has 4 nitrogen and oxygen atoms in total. The molecule has 0 bridgehead atoms. The monoisotopic (exact) mass is 336 g/mol. The van der Waals surface area contributed by atoms with Crippen LogP contribution in [0, 0.1) is 5.92 Å². The third-order valence-electron chi connectivity index (χ3n) is 4.13. The summed E-state index contributed by atoms with van der Waals surface area (Å²) in [4.78, 5) is 15.5. The van der Waals surface area contributed by atoms with Crippen molar-refractivity contribution in [2.75, 3.05) is 39.0 Å². The number of piperidine rings is 1. The highest BCUT2D eigenvalue weighted by Crippen LogP contribution is 2.22. The van der Waals surface area contributed by atoms with Gasteiger partial charge in [0.15, 0.2) is 0 Å². The van der Waals surface area contributed by atoms with Gasteiger partial charge in [-0.1, -0.05) is 13.0 Å². The average molecular weight is 337 g/mol.